The predicted octanol–water partition coefficient (Wildman–Crippen LogP) is 0.913. The number of aromatic nitrogens is 2. The SMILES string of the molecule is COCC1(CNc2nccc(OC)n2)CCNCC1. The molecule has 0 aliphatic carbocycles. The Kier molecular flexibility index (Phi) is 4.93. The first-order valence-corrected chi connectivity index (χ1v) is 6.59. The summed E-state index contributed by atoms with van der Waals surface area (Å²) in [4.78, 5) is 8.47. The van der Waals surface area contributed by atoms with Crippen LogP contribution in [0.2, 0.25) is 0 Å². The van der Waals surface area contributed by atoms with Gasteiger partial charge in [0.15, 0.2) is 0 Å². The minimum atomic E-state index is 0.159. The van der Waals surface area contributed by atoms with Gasteiger partial charge in [-0.3, -0.25) is 0 Å². The number of hydrogen-bond acceptors (Lipinski definition) is 6. The van der Waals surface area contributed by atoms with Gasteiger partial charge in [0.25, 0.3) is 0 Å². The van der Waals surface area contributed by atoms with Gasteiger partial charge in [-0.2, -0.15) is 4.98 Å². The number of nitrogens with one attached hydrogen (secondary N) is 2. The lowest BCUT2D eigenvalue weighted by Gasteiger charge is -2.37. The van der Waals surface area contributed by atoms with Crippen LogP contribution >= 0.6 is 0 Å². The largest absolute Gasteiger partial charge is 0.481 e. The zero-order valence-corrected chi connectivity index (χ0v) is 11.6. The van der Waals surface area contributed by atoms with Gasteiger partial charge in [-0.15, -0.1) is 0 Å². The van der Waals surface area contributed by atoms with Gasteiger partial charge in [-0.1, -0.05) is 0 Å². The van der Waals surface area contributed by atoms with Crippen molar-refractivity contribution in [1.29, 1.82) is 0 Å². The first-order chi connectivity index (χ1) is 9.28. The summed E-state index contributed by atoms with van der Waals surface area (Å²) in [7, 11) is 3.36. The average Bonchev–Trinajstić information content (AvgIpc) is 2.47. The van der Waals surface area contributed by atoms with Crippen molar-refractivity contribution in [3.05, 3.63) is 12.3 Å². The van der Waals surface area contributed by atoms with Gasteiger partial charge in [0.1, 0.15) is 0 Å². The van der Waals surface area contributed by atoms with Crippen molar-refractivity contribution in [2.75, 3.05) is 45.8 Å². The second-order valence-corrected chi connectivity index (χ2v) is 4.96. The normalized spacial score (nSPS) is 18.0. The summed E-state index contributed by atoms with van der Waals surface area (Å²) in [6, 6.07) is 1.74. The molecule has 106 valence electrons. The van der Waals surface area contributed by atoms with Gasteiger partial charge in [0.05, 0.1) is 13.7 Å². The summed E-state index contributed by atoms with van der Waals surface area (Å²) < 4.78 is 10.5. The van der Waals surface area contributed by atoms with E-state index in [1.165, 1.54) is 0 Å². The van der Waals surface area contributed by atoms with Crippen LogP contribution in [0.15, 0.2) is 12.3 Å². The van der Waals surface area contributed by atoms with E-state index in [4.69, 9.17) is 9.47 Å². The number of nitrogens with zero attached hydrogens (tertiary/aromatic N) is 2. The monoisotopic (exact) mass is 266 g/mol. The first kappa shape index (κ1) is 14.0. The van der Waals surface area contributed by atoms with Gasteiger partial charge in [-0.25, -0.2) is 4.98 Å². The van der Waals surface area contributed by atoms with E-state index < -0.39 is 0 Å². The highest BCUT2D eigenvalue weighted by molar-refractivity contribution is 5.27. The van der Waals surface area contributed by atoms with E-state index in [0.717, 1.165) is 39.1 Å². The Bertz CT molecular complexity index is 388. The number of anilines is 1. The zero-order chi connectivity index (χ0) is 13.6. The highest BCUT2D eigenvalue weighted by Crippen LogP contribution is 2.29. The van der Waals surface area contributed by atoms with Crippen LogP contribution in [-0.2, 0) is 4.74 Å². The molecule has 0 atom stereocenters. The molecule has 6 heteroatoms. The maximum atomic E-state index is 5.38. The molecular formula is C13H22N4O2. The fourth-order valence-corrected chi connectivity index (χ4v) is 2.44. The fraction of sp³-hybridized carbons (Fsp3) is 0.692. The maximum Gasteiger partial charge on any atom is 0.225 e. The molecule has 2 heterocycles. The third-order valence-corrected chi connectivity index (χ3v) is 3.58. The van der Waals surface area contributed by atoms with E-state index in [1.807, 2.05) is 0 Å². The second kappa shape index (κ2) is 6.68. The smallest absolute Gasteiger partial charge is 0.225 e. The molecule has 1 fully saturated rings. The summed E-state index contributed by atoms with van der Waals surface area (Å²) >= 11 is 0. The molecule has 1 aliphatic heterocycles. The van der Waals surface area contributed by atoms with E-state index in [-0.39, 0.29) is 5.41 Å². The standard InChI is InChI=1S/C13H22N4O2/c1-18-10-13(4-7-14-8-5-13)9-16-12-15-6-3-11(17-12)19-2/h3,6,14H,4-5,7-10H2,1-2H3,(H,15,16,17). The van der Waals surface area contributed by atoms with Gasteiger partial charge in [0.2, 0.25) is 11.8 Å². The Morgan fingerprint density at radius 3 is 2.84 bits per heavy atom. The Hall–Kier alpha value is -1.40. The number of methoxy groups -OCH3 is 2. The zero-order valence-electron chi connectivity index (χ0n) is 11.6. The van der Waals surface area contributed by atoms with E-state index in [9.17, 15) is 0 Å². The van der Waals surface area contributed by atoms with Gasteiger partial charge >= 0.3 is 0 Å². The van der Waals surface area contributed by atoms with Crippen molar-refractivity contribution in [3.8, 4) is 5.88 Å². The van der Waals surface area contributed by atoms with Crippen molar-refractivity contribution < 1.29 is 9.47 Å². The lowest BCUT2D eigenvalue weighted by atomic mass is 9.79. The van der Waals surface area contributed by atoms with Crippen molar-refractivity contribution in [3.63, 3.8) is 0 Å². The minimum Gasteiger partial charge on any atom is -0.481 e. The fourth-order valence-electron chi connectivity index (χ4n) is 2.44. The number of ether oxygens (including phenoxy) is 2. The Balaban J connectivity index is 1.97. The molecule has 0 saturated carbocycles. The Morgan fingerprint density at radius 2 is 2.16 bits per heavy atom. The third kappa shape index (κ3) is 3.78. The van der Waals surface area contributed by atoms with Crippen LogP contribution in [-0.4, -0.2) is 50.4 Å². The van der Waals surface area contributed by atoms with Gasteiger partial charge in [0, 0.05) is 31.3 Å². The molecule has 0 spiro atoms. The minimum absolute atomic E-state index is 0.159. The van der Waals surface area contributed by atoms with Crippen LogP contribution in [0.5, 0.6) is 5.88 Å². The molecule has 0 aromatic carbocycles. The summed E-state index contributed by atoms with van der Waals surface area (Å²) in [6.45, 7) is 3.63. The topological polar surface area (TPSA) is 68.3 Å². The average molecular weight is 266 g/mol. The lowest BCUT2D eigenvalue weighted by molar-refractivity contribution is 0.0634. The molecule has 0 bridgehead atoms. The van der Waals surface area contributed by atoms with E-state index >= 15 is 0 Å². The molecule has 1 aromatic rings. The molecule has 1 aliphatic rings. The lowest BCUT2D eigenvalue weighted by Crippen LogP contribution is -2.44. The van der Waals surface area contributed by atoms with Crippen LogP contribution in [0.4, 0.5) is 5.95 Å². The van der Waals surface area contributed by atoms with Crippen molar-refractivity contribution in [2.45, 2.75) is 12.8 Å². The summed E-state index contributed by atoms with van der Waals surface area (Å²) in [5.41, 5.74) is 0.159. The molecule has 2 N–H and O–H groups in total. The molecule has 1 aromatic heterocycles. The van der Waals surface area contributed by atoms with Crippen molar-refractivity contribution >= 4 is 5.95 Å². The van der Waals surface area contributed by atoms with Gasteiger partial charge < -0.3 is 20.1 Å². The third-order valence-electron chi connectivity index (χ3n) is 3.58. The Labute approximate surface area is 113 Å². The number of piperidine rings is 1. The van der Waals surface area contributed by atoms with Crippen LogP contribution in [0.25, 0.3) is 0 Å². The molecule has 0 radical (unpaired) electrons. The quantitative estimate of drug-likeness (QED) is 0.798. The molecule has 1 saturated heterocycles. The molecule has 0 unspecified atom stereocenters. The van der Waals surface area contributed by atoms with E-state index in [2.05, 4.69) is 20.6 Å². The summed E-state index contributed by atoms with van der Waals surface area (Å²) in [5.74, 6) is 1.18. The number of rotatable bonds is 6. The molecule has 2 rings (SSSR count). The second-order valence-electron chi connectivity index (χ2n) is 4.96. The van der Waals surface area contributed by atoms with Crippen molar-refractivity contribution in [1.82, 2.24) is 15.3 Å². The van der Waals surface area contributed by atoms with Crippen LogP contribution in [0.3, 0.4) is 0 Å². The predicted molar refractivity (Wildman–Crippen MR) is 73.5 cm³/mol. The van der Waals surface area contributed by atoms with Gasteiger partial charge in [-0.05, 0) is 25.9 Å². The highest BCUT2D eigenvalue weighted by atomic mass is 16.5. The van der Waals surface area contributed by atoms with Crippen LogP contribution < -0.4 is 15.4 Å². The van der Waals surface area contributed by atoms with Crippen molar-refractivity contribution in [2.24, 2.45) is 5.41 Å². The molecule has 6 nitrogen and oxygen atoms in total. The summed E-state index contributed by atoms with van der Waals surface area (Å²) in [6.07, 6.45) is 3.88. The first-order valence-electron chi connectivity index (χ1n) is 6.59. The van der Waals surface area contributed by atoms with E-state index in [1.54, 1.807) is 26.5 Å². The number of hydrogen-bond donors (Lipinski definition) is 2. The molecule has 0 amide bonds. The molecule has 19 heavy (non-hydrogen) atoms. The molecular weight excluding hydrogens is 244 g/mol. The Morgan fingerprint density at radius 1 is 1.37 bits per heavy atom. The summed E-state index contributed by atoms with van der Waals surface area (Å²) in [5, 5.41) is 6.68. The van der Waals surface area contributed by atoms with Crippen LogP contribution in [0.1, 0.15) is 12.8 Å². The van der Waals surface area contributed by atoms with E-state index in [0.29, 0.717) is 11.8 Å². The maximum absolute atomic E-state index is 5.38. The van der Waals surface area contributed by atoms with Crippen LogP contribution in [0, 0.1) is 5.41 Å². The highest BCUT2D eigenvalue weighted by Gasteiger charge is 2.32.